The van der Waals surface area contributed by atoms with E-state index in [2.05, 4.69) is 16.2 Å². The molecule has 0 bridgehead atoms. The quantitative estimate of drug-likeness (QED) is 0.278. The fourth-order valence-corrected chi connectivity index (χ4v) is 4.99. The number of hydrogen-bond donors (Lipinski definition) is 3. The van der Waals surface area contributed by atoms with E-state index < -0.39 is 41.6 Å². The number of imide groups is 1. The van der Waals surface area contributed by atoms with Crippen molar-refractivity contribution in [3.05, 3.63) is 77.9 Å². The van der Waals surface area contributed by atoms with Gasteiger partial charge in [-0.2, -0.15) is 5.01 Å². The first-order valence-electron chi connectivity index (χ1n) is 13.7. The summed E-state index contributed by atoms with van der Waals surface area (Å²) in [5.41, 5.74) is 6.92. The van der Waals surface area contributed by atoms with Gasteiger partial charge < -0.3 is 10.2 Å². The van der Waals surface area contributed by atoms with Crippen LogP contribution in [0.3, 0.4) is 0 Å². The Kier molecular flexibility index (Phi) is 10.0. The molecule has 1 unspecified atom stereocenters. The van der Waals surface area contributed by atoms with Crippen molar-refractivity contribution in [2.45, 2.75) is 39.3 Å². The van der Waals surface area contributed by atoms with Crippen molar-refractivity contribution in [2.75, 3.05) is 19.6 Å². The van der Waals surface area contributed by atoms with Crippen LogP contribution in [0.1, 0.15) is 37.8 Å². The summed E-state index contributed by atoms with van der Waals surface area (Å²) in [6, 6.07) is 17.9. The topological polar surface area (TPSA) is 120 Å². The Morgan fingerprint density at radius 1 is 1.02 bits per heavy atom. The molecule has 0 spiro atoms. The molecule has 2 heterocycles. The second-order valence-electron chi connectivity index (χ2n) is 10.5. The number of hydrogen-bond acceptors (Lipinski definition) is 6. The predicted molar refractivity (Wildman–Crippen MR) is 150 cm³/mol. The van der Waals surface area contributed by atoms with E-state index >= 15 is 0 Å². The molecule has 0 aromatic heterocycles. The molecule has 10 nitrogen and oxygen atoms in total. The maximum atomic E-state index is 13.7. The van der Waals surface area contributed by atoms with Crippen LogP contribution in [0, 0.1) is 17.8 Å². The molecule has 10 heteroatoms. The summed E-state index contributed by atoms with van der Waals surface area (Å²) < 4.78 is 0. The van der Waals surface area contributed by atoms with Crippen molar-refractivity contribution in [1.82, 2.24) is 26.1 Å². The lowest BCUT2D eigenvalue weighted by molar-refractivity contribution is -0.147. The van der Waals surface area contributed by atoms with Gasteiger partial charge in [0.1, 0.15) is 6.04 Å². The normalized spacial score (nSPS) is 18.6. The molecule has 0 aliphatic carbocycles. The van der Waals surface area contributed by atoms with Gasteiger partial charge in [0.25, 0.3) is 5.91 Å². The molecule has 3 N–H and O–H groups in total. The van der Waals surface area contributed by atoms with Gasteiger partial charge in [-0.1, -0.05) is 86.7 Å². The Labute approximate surface area is 234 Å². The summed E-state index contributed by atoms with van der Waals surface area (Å²) in [6.07, 6.45) is 4.37. The standard InChI is InChI=1S/C30H37N5O5/c1-21(2)18-25(27(36)32-35-29(38)26-19-31-16-17-34(26)30(35)39)24(15-9-14-22-10-5-3-6-11-22)28(37)33-40-20-23-12-7-4-8-13-23/h3-14,21,24-26,31H,15-20H2,1-2H3,(H,32,36)(H,33,37)/b14-9+/t24?,25-,26+/m1/s1. The minimum absolute atomic E-state index is 0.0647. The van der Waals surface area contributed by atoms with Crippen molar-refractivity contribution < 1.29 is 24.0 Å². The fraction of sp³-hybridized carbons (Fsp3) is 0.400. The third kappa shape index (κ3) is 7.34. The number of hydrazine groups is 1. The van der Waals surface area contributed by atoms with Crippen LogP contribution >= 0.6 is 0 Å². The second-order valence-corrected chi connectivity index (χ2v) is 10.5. The molecule has 2 aliphatic heterocycles. The number of carbonyl (C=O) groups excluding carboxylic acids is 4. The number of hydroxylamine groups is 1. The average Bonchev–Trinajstić information content (AvgIpc) is 3.20. The SMILES string of the molecule is CC(C)C[C@@H](C(=O)NN1C(=O)[C@@H]2CNCCN2C1=O)C(C/C=C/c1ccccc1)C(=O)NOCc1ccccc1. The van der Waals surface area contributed by atoms with E-state index in [1.807, 2.05) is 86.7 Å². The Morgan fingerprint density at radius 3 is 2.40 bits per heavy atom. The Bertz CT molecular complexity index is 1180. The fourth-order valence-electron chi connectivity index (χ4n) is 4.99. The first-order valence-corrected chi connectivity index (χ1v) is 13.7. The van der Waals surface area contributed by atoms with Crippen LogP contribution in [0.25, 0.3) is 6.08 Å². The van der Waals surface area contributed by atoms with Crippen molar-refractivity contribution in [1.29, 1.82) is 0 Å². The van der Waals surface area contributed by atoms with E-state index in [9.17, 15) is 19.2 Å². The number of piperazine rings is 1. The first kappa shape index (κ1) is 29.0. The van der Waals surface area contributed by atoms with Gasteiger partial charge in [0.15, 0.2) is 0 Å². The summed E-state index contributed by atoms with van der Waals surface area (Å²) in [5, 5.41) is 3.90. The summed E-state index contributed by atoms with van der Waals surface area (Å²) in [7, 11) is 0. The highest BCUT2D eigenvalue weighted by atomic mass is 16.6. The molecule has 2 saturated heterocycles. The molecule has 2 aliphatic rings. The lowest BCUT2D eigenvalue weighted by Gasteiger charge is -2.28. The summed E-state index contributed by atoms with van der Waals surface area (Å²) in [6.45, 7) is 5.37. The van der Waals surface area contributed by atoms with E-state index in [1.165, 1.54) is 4.90 Å². The highest BCUT2D eigenvalue weighted by Crippen LogP contribution is 2.27. The number of rotatable bonds is 12. The molecular weight excluding hydrogens is 510 g/mol. The van der Waals surface area contributed by atoms with Crippen molar-refractivity contribution in [3.8, 4) is 0 Å². The van der Waals surface area contributed by atoms with Crippen molar-refractivity contribution in [2.24, 2.45) is 17.8 Å². The molecule has 5 amide bonds. The van der Waals surface area contributed by atoms with Crippen LogP contribution in [0.2, 0.25) is 0 Å². The lowest BCUT2D eigenvalue weighted by Crippen LogP contribution is -2.51. The highest BCUT2D eigenvalue weighted by Gasteiger charge is 2.48. The molecule has 0 saturated carbocycles. The number of allylic oxidation sites excluding steroid dienone is 1. The zero-order valence-corrected chi connectivity index (χ0v) is 22.9. The van der Waals surface area contributed by atoms with E-state index in [0.29, 0.717) is 26.1 Å². The van der Waals surface area contributed by atoms with Crippen LogP contribution in [0.5, 0.6) is 0 Å². The third-order valence-corrected chi connectivity index (χ3v) is 7.05. The van der Waals surface area contributed by atoms with Crippen molar-refractivity contribution >= 4 is 29.8 Å². The molecule has 3 atom stereocenters. The number of nitrogens with one attached hydrogen (secondary N) is 3. The predicted octanol–water partition coefficient (Wildman–Crippen LogP) is 2.88. The molecular formula is C30H37N5O5. The zero-order chi connectivity index (χ0) is 28.5. The monoisotopic (exact) mass is 547 g/mol. The molecule has 40 heavy (non-hydrogen) atoms. The molecule has 212 valence electrons. The summed E-state index contributed by atoms with van der Waals surface area (Å²) in [4.78, 5) is 59.9. The Balaban J connectivity index is 1.51. The smallest absolute Gasteiger partial charge is 0.312 e. The van der Waals surface area contributed by atoms with E-state index in [1.54, 1.807) is 0 Å². The number of benzene rings is 2. The van der Waals surface area contributed by atoms with Gasteiger partial charge >= 0.3 is 6.03 Å². The first-order chi connectivity index (χ1) is 19.3. The van der Waals surface area contributed by atoms with Crippen LogP contribution in [0.4, 0.5) is 4.79 Å². The Hall–Kier alpha value is -4.02. The van der Waals surface area contributed by atoms with E-state index in [4.69, 9.17) is 4.84 Å². The van der Waals surface area contributed by atoms with E-state index in [0.717, 1.165) is 16.1 Å². The van der Waals surface area contributed by atoms with Crippen molar-refractivity contribution in [3.63, 3.8) is 0 Å². The van der Waals surface area contributed by atoms with Gasteiger partial charge in [0.2, 0.25) is 11.8 Å². The number of carbonyl (C=O) groups is 4. The highest BCUT2D eigenvalue weighted by molar-refractivity contribution is 6.06. The number of amides is 5. The lowest BCUT2D eigenvalue weighted by atomic mass is 9.82. The molecule has 0 radical (unpaired) electrons. The van der Waals surface area contributed by atoms with Crippen LogP contribution in [-0.2, 0) is 25.8 Å². The number of urea groups is 1. The third-order valence-electron chi connectivity index (χ3n) is 7.05. The van der Waals surface area contributed by atoms with Crippen LogP contribution in [0.15, 0.2) is 66.7 Å². The van der Waals surface area contributed by atoms with Gasteiger partial charge in [0.05, 0.1) is 18.4 Å². The maximum absolute atomic E-state index is 13.7. The van der Waals surface area contributed by atoms with Gasteiger partial charge in [-0.15, -0.1) is 0 Å². The zero-order valence-electron chi connectivity index (χ0n) is 22.9. The maximum Gasteiger partial charge on any atom is 0.346 e. The van der Waals surface area contributed by atoms with Gasteiger partial charge in [-0.3, -0.25) is 24.6 Å². The van der Waals surface area contributed by atoms with Gasteiger partial charge in [-0.25, -0.2) is 10.3 Å². The van der Waals surface area contributed by atoms with E-state index in [-0.39, 0.29) is 18.9 Å². The summed E-state index contributed by atoms with van der Waals surface area (Å²) in [5.74, 6) is -3.05. The Morgan fingerprint density at radius 2 is 1.73 bits per heavy atom. The van der Waals surface area contributed by atoms with Gasteiger partial charge in [0, 0.05) is 19.6 Å². The minimum atomic E-state index is -0.822. The van der Waals surface area contributed by atoms with Gasteiger partial charge in [-0.05, 0) is 29.9 Å². The van der Waals surface area contributed by atoms with Crippen LogP contribution < -0.4 is 16.2 Å². The molecule has 2 aromatic carbocycles. The molecule has 2 fully saturated rings. The average molecular weight is 548 g/mol. The largest absolute Gasteiger partial charge is 0.346 e. The number of nitrogens with zero attached hydrogens (tertiary/aromatic N) is 2. The minimum Gasteiger partial charge on any atom is -0.312 e. The second kappa shape index (κ2) is 13.9. The molecule has 4 rings (SSSR count). The number of fused-ring (bicyclic) bond motifs is 1. The van der Waals surface area contributed by atoms with Crippen LogP contribution in [-0.4, -0.2) is 59.3 Å². The molecule has 2 aromatic rings. The summed E-state index contributed by atoms with van der Waals surface area (Å²) >= 11 is 0.